The predicted octanol–water partition coefficient (Wildman–Crippen LogP) is 2.78. The van der Waals surface area contributed by atoms with Crippen LogP contribution in [0, 0.1) is 11.8 Å². The molecular formula is C15H20N4OS. The molecule has 1 saturated heterocycles. The van der Waals surface area contributed by atoms with Gasteiger partial charge < -0.3 is 10.6 Å². The second kappa shape index (κ2) is 5.60. The number of hydrogen-bond acceptors (Lipinski definition) is 5. The molecule has 2 aromatic rings. The monoisotopic (exact) mass is 304 g/mol. The van der Waals surface area contributed by atoms with Gasteiger partial charge in [-0.15, -0.1) is 16.4 Å². The molecule has 1 amide bonds. The number of nitrogens with two attached hydrogens (primary N) is 1. The van der Waals surface area contributed by atoms with Crippen LogP contribution in [0.1, 0.15) is 36.4 Å². The molecule has 5 nitrogen and oxygen atoms in total. The molecule has 0 bridgehead atoms. The summed E-state index contributed by atoms with van der Waals surface area (Å²) in [5.41, 5.74) is 6.66. The number of amides is 1. The molecule has 0 atom stereocenters. The number of hydrogen-bond donors (Lipinski definition) is 1. The van der Waals surface area contributed by atoms with E-state index in [2.05, 4.69) is 24.0 Å². The summed E-state index contributed by atoms with van der Waals surface area (Å²) in [7, 11) is 0. The first-order valence-electron chi connectivity index (χ1n) is 7.37. The average molecular weight is 304 g/mol. The van der Waals surface area contributed by atoms with E-state index in [0.717, 1.165) is 42.1 Å². The highest BCUT2D eigenvalue weighted by molar-refractivity contribution is 7.21. The molecule has 21 heavy (non-hydrogen) atoms. The summed E-state index contributed by atoms with van der Waals surface area (Å²) in [4.78, 5) is 15.9. The molecule has 0 radical (unpaired) electrons. The second-order valence-electron chi connectivity index (χ2n) is 5.97. The van der Waals surface area contributed by atoms with Crippen LogP contribution in [0.3, 0.4) is 0 Å². The van der Waals surface area contributed by atoms with Crippen molar-refractivity contribution in [1.82, 2.24) is 15.1 Å². The van der Waals surface area contributed by atoms with Gasteiger partial charge in [-0.1, -0.05) is 13.8 Å². The molecule has 112 valence electrons. The number of piperidine rings is 1. The highest BCUT2D eigenvalue weighted by Crippen LogP contribution is 2.33. The van der Waals surface area contributed by atoms with Crippen molar-refractivity contribution in [2.24, 2.45) is 11.8 Å². The lowest BCUT2D eigenvalue weighted by atomic mass is 9.87. The summed E-state index contributed by atoms with van der Waals surface area (Å²) in [5.74, 6) is 1.45. The van der Waals surface area contributed by atoms with Crippen molar-refractivity contribution in [1.29, 1.82) is 0 Å². The molecule has 0 aliphatic carbocycles. The summed E-state index contributed by atoms with van der Waals surface area (Å²) in [6, 6.07) is 1.82. The molecule has 0 aromatic carbocycles. The number of thiophene rings is 1. The highest BCUT2D eigenvalue weighted by atomic mass is 32.1. The van der Waals surface area contributed by atoms with E-state index in [1.54, 1.807) is 6.20 Å². The molecule has 1 aliphatic heterocycles. The second-order valence-corrected chi connectivity index (χ2v) is 6.97. The predicted molar refractivity (Wildman–Crippen MR) is 85.3 cm³/mol. The number of nitrogens with zero attached hydrogens (tertiary/aromatic N) is 3. The topological polar surface area (TPSA) is 72.1 Å². The molecule has 1 fully saturated rings. The number of carbonyl (C=O) groups is 1. The van der Waals surface area contributed by atoms with Crippen LogP contribution in [0.5, 0.6) is 0 Å². The number of rotatable bonds is 2. The minimum atomic E-state index is 0.0395. The lowest BCUT2D eigenvalue weighted by molar-refractivity contribution is 0.0673. The number of anilines is 1. The van der Waals surface area contributed by atoms with E-state index in [1.807, 2.05) is 11.0 Å². The Labute approximate surface area is 128 Å². The third-order valence-corrected chi connectivity index (χ3v) is 5.48. The standard InChI is InChI=1S/C15H20N4OS/c1-9(2)10-4-7-19(8-5-10)15(20)13-12(16)11-3-6-17-18-14(11)21-13/h3,6,9-10H,4-5,7-8,16H2,1-2H3. The maximum Gasteiger partial charge on any atom is 0.266 e. The van der Waals surface area contributed by atoms with Gasteiger partial charge in [-0.3, -0.25) is 4.79 Å². The Morgan fingerprint density at radius 3 is 2.76 bits per heavy atom. The van der Waals surface area contributed by atoms with Crippen molar-refractivity contribution in [2.75, 3.05) is 18.8 Å². The highest BCUT2D eigenvalue weighted by Gasteiger charge is 2.27. The van der Waals surface area contributed by atoms with E-state index in [4.69, 9.17) is 5.73 Å². The maximum atomic E-state index is 12.7. The molecule has 2 N–H and O–H groups in total. The van der Waals surface area contributed by atoms with Crippen LogP contribution in [0.15, 0.2) is 12.3 Å². The van der Waals surface area contributed by atoms with E-state index in [0.29, 0.717) is 16.5 Å². The van der Waals surface area contributed by atoms with Gasteiger partial charge in [0.05, 0.1) is 11.9 Å². The SMILES string of the molecule is CC(C)C1CCN(C(=O)c2sc3nnccc3c2N)CC1. The van der Waals surface area contributed by atoms with Crippen molar-refractivity contribution >= 4 is 33.1 Å². The fourth-order valence-corrected chi connectivity index (χ4v) is 3.95. The van der Waals surface area contributed by atoms with Gasteiger partial charge in [0.2, 0.25) is 0 Å². The van der Waals surface area contributed by atoms with E-state index in [-0.39, 0.29) is 5.91 Å². The van der Waals surface area contributed by atoms with E-state index >= 15 is 0 Å². The molecular weight excluding hydrogens is 284 g/mol. The third kappa shape index (κ3) is 2.60. The summed E-state index contributed by atoms with van der Waals surface area (Å²) in [5, 5.41) is 8.72. The number of nitrogen functional groups attached to an aromatic ring is 1. The normalized spacial score (nSPS) is 16.8. The Kier molecular flexibility index (Phi) is 3.80. The summed E-state index contributed by atoms with van der Waals surface area (Å²) in [6.07, 6.45) is 3.76. The van der Waals surface area contributed by atoms with Gasteiger partial charge in [0.1, 0.15) is 9.71 Å². The minimum absolute atomic E-state index is 0.0395. The van der Waals surface area contributed by atoms with Gasteiger partial charge >= 0.3 is 0 Å². The number of carbonyl (C=O) groups excluding carboxylic acids is 1. The van der Waals surface area contributed by atoms with Gasteiger partial charge in [-0.05, 0) is 30.7 Å². The number of fused-ring (bicyclic) bond motifs is 1. The minimum Gasteiger partial charge on any atom is -0.397 e. The van der Waals surface area contributed by atoms with Gasteiger partial charge in [0, 0.05) is 18.5 Å². The smallest absolute Gasteiger partial charge is 0.266 e. The number of likely N-dealkylation sites (tertiary alicyclic amines) is 1. The molecule has 0 unspecified atom stereocenters. The van der Waals surface area contributed by atoms with Gasteiger partial charge in [0.25, 0.3) is 5.91 Å². The van der Waals surface area contributed by atoms with Crippen molar-refractivity contribution < 1.29 is 4.79 Å². The zero-order valence-corrected chi connectivity index (χ0v) is 13.2. The van der Waals surface area contributed by atoms with Crippen LogP contribution >= 0.6 is 11.3 Å². The Morgan fingerprint density at radius 2 is 2.14 bits per heavy atom. The lowest BCUT2D eigenvalue weighted by Crippen LogP contribution is -2.39. The van der Waals surface area contributed by atoms with E-state index in [1.165, 1.54) is 11.3 Å². The van der Waals surface area contributed by atoms with Crippen molar-refractivity contribution in [2.45, 2.75) is 26.7 Å². The van der Waals surface area contributed by atoms with E-state index < -0.39 is 0 Å². The third-order valence-electron chi connectivity index (χ3n) is 4.38. The van der Waals surface area contributed by atoms with Gasteiger partial charge in [-0.2, -0.15) is 5.10 Å². The first kappa shape index (κ1) is 14.3. The molecule has 3 heterocycles. The van der Waals surface area contributed by atoms with Crippen LogP contribution in [0.2, 0.25) is 0 Å². The van der Waals surface area contributed by atoms with Crippen molar-refractivity contribution in [3.05, 3.63) is 17.1 Å². The Hall–Kier alpha value is -1.69. The average Bonchev–Trinajstić information content (AvgIpc) is 2.84. The Balaban J connectivity index is 1.80. The van der Waals surface area contributed by atoms with Crippen LogP contribution in [0.4, 0.5) is 5.69 Å². The molecule has 1 aliphatic rings. The Bertz CT molecular complexity index is 659. The zero-order valence-electron chi connectivity index (χ0n) is 12.4. The van der Waals surface area contributed by atoms with Crippen molar-refractivity contribution in [3.8, 4) is 0 Å². The largest absolute Gasteiger partial charge is 0.397 e. The first-order valence-corrected chi connectivity index (χ1v) is 8.18. The molecule has 3 rings (SSSR count). The fourth-order valence-electron chi connectivity index (χ4n) is 2.94. The number of aromatic nitrogens is 2. The maximum absolute atomic E-state index is 12.7. The lowest BCUT2D eigenvalue weighted by Gasteiger charge is -2.33. The molecule has 2 aromatic heterocycles. The van der Waals surface area contributed by atoms with Crippen molar-refractivity contribution in [3.63, 3.8) is 0 Å². The van der Waals surface area contributed by atoms with Gasteiger partial charge in [-0.25, -0.2) is 0 Å². The molecule has 6 heteroatoms. The van der Waals surface area contributed by atoms with Crippen LogP contribution in [0.25, 0.3) is 10.2 Å². The van der Waals surface area contributed by atoms with Crippen LogP contribution in [-0.4, -0.2) is 34.1 Å². The fraction of sp³-hybridized carbons (Fsp3) is 0.533. The zero-order chi connectivity index (χ0) is 15.0. The van der Waals surface area contributed by atoms with Crippen LogP contribution < -0.4 is 5.73 Å². The Morgan fingerprint density at radius 1 is 1.43 bits per heavy atom. The summed E-state index contributed by atoms with van der Waals surface area (Å²) >= 11 is 1.34. The summed E-state index contributed by atoms with van der Waals surface area (Å²) < 4.78 is 0. The molecule has 0 saturated carbocycles. The molecule has 0 spiro atoms. The quantitative estimate of drug-likeness (QED) is 0.926. The van der Waals surface area contributed by atoms with Crippen LogP contribution in [-0.2, 0) is 0 Å². The van der Waals surface area contributed by atoms with Gasteiger partial charge in [0.15, 0.2) is 0 Å². The summed E-state index contributed by atoms with van der Waals surface area (Å²) in [6.45, 7) is 6.15. The van der Waals surface area contributed by atoms with E-state index in [9.17, 15) is 4.79 Å². The first-order chi connectivity index (χ1) is 10.1.